The standard InChI is InChI=1S/C17H21N5O5/c1-9-12(10(2)27-21-9)6-14(23)22-5-4-11-13(8-22)19-20-16(11)17(25)18-7-15(24)26-3/h4-8H2,1-3H3,(H,18,25)(H,19,20). The van der Waals surface area contributed by atoms with E-state index < -0.39 is 11.9 Å². The summed E-state index contributed by atoms with van der Waals surface area (Å²) in [5.41, 5.74) is 3.24. The summed E-state index contributed by atoms with van der Waals surface area (Å²) in [5.74, 6) is -0.386. The van der Waals surface area contributed by atoms with Gasteiger partial charge in [0.15, 0.2) is 5.69 Å². The van der Waals surface area contributed by atoms with Gasteiger partial charge in [0.1, 0.15) is 12.3 Å². The summed E-state index contributed by atoms with van der Waals surface area (Å²) in [4.78, 5) is 37.7. The number of nitrogens with one attached hydrogen (secondary N) is 2. The summed E-state index contributed by atoms with van der Waals surface area (Å²) in [6.07, 6.45) is 0.720. The Hall–Kier alpha value is -3.17. The molecule has 0 aliphatic carbocycles. The first-order valence-corrected chi connectivity index (χ1v) is 8.51. The fourth-order valence-electron chi connectivity index (χ4n) is 3.04. The lowest BCUT2D eigenvalue weighted by Crippen LogP contribution is -2.38. The molecule has 144 valence electrons. The zero-order chi connectivity index (χ0) is 19.6. The Morgan fingerprint density at radius 2 is 2.11 bits per heavy atom. The van der Waals surface area contributed by atoms with Crippen LogP contribution in [0.1, 0.15) is 38.8 Å². The lowest BCUT2D eigenvalue weighted by atomic mass is 10.0. The van der Waals surface area contributed by atoms with E-state index in [9.17, 15) is 14.4 Å². The van der Waals surface area contributed by atoms with E-state index in [1.165, 1.54) is 7.11 Å². The van der Waals surface area contributed by atoms with E-state index in [0.717, 1.165) is 16.8 Å². The molecular weight excluding hydrogens is 354 g/mol. The van der Waals surface area contributed by atoms with Gasteiger partial charge in [-0.15, -0.1) is 0 Å². The van der Waals surface area contributed by atoms with Crippen LogP contribution in [0.5, 0.6) is 0 Å². The van der Waals surface area contributed by atoms with Crippen molar-refractivity contribution in [1.29, 1.82) is 0 Å². The Morgan fingerprint density at radius 1 is 1.33 bits per heavy atom. The maximum Gasteiger partial charge on any atom is 0.325 e. The Bertz CT molecular complexity index is 865. The van der Waals surface area contributed by atoms with Gasteiger partial charge in [-0.2, -0.15) is 5.10 Å². The quantitative estimate of drug-likeness (QED) is 0.706. The number of aromatic amines is 1. The highest BCUT2D eigenvalue weighted by atomic mass is 16.5. The Kier molecular flexibility index (Phi) is 5.24. The van der Waals surface area contributed by atoms with E-state index in [1.54, 1.807) is 11.8 Å². The van der Waals surface area contributed by atoms with Gasteiger partial charge in [0.05, 0.1) is 31.5 Å². The van der Waals surface area contributed by atoms with Crippen molar-refractivity contribution in [3.8, 4) is 0 Å². The van der Waals surface area contributed by atoms with Gasteiger partial charge in [0.25, 0.3) is 5.91 Å². The molecule has 0 atom stereocenters. The fraction of sp³-hybridized carbons (Fsp3) is 0.471. The lowest BCUT2D eigenvalue weighted by molar-refractivity contribution is -0.139. The molecule has 2 aromatic rings. The average Bonchev–Trinajstić information content (AvgIpc) is 3.23. The number of H-pyrrole nitrogens is 1. The van der Waals surface area contributed by atoms with Crippen molar-refractivity contribution in [2.24, 2.45) is 0 Å². The van der Waals surface area contributed by atoms with Crippen molar-refractivity contribution in [2.45, 2.75) is 33.2 Å². The van der Waals surface area contributed by atoms with Gasteiger partial charge in [0.2, 0.25) is 5.91 Å². The number of ether oxygens (including phenoxy) is 1. The van der Waals surface area contributed by atoms with Crippen molar-refractivity contribution < 1.29 is 23.6 Å². The number of aromatic nitrogens is 3. The first-order chi connectivity index (χ1) is 12.9. The van der Waals surface area contributed by atoms with Crippen molar-refractivity contribution in [2.75, 3.05) is 20.2 Å². The van der Waals surface area contributed by atoms with Crippen molar-refractivity contribution in [3.63, 3.8) is 0 Å². The minimum absolute atomic E-state index is 0.0404. The number of nitrogens with zero attached hydrogens (tertiary/aromatic N) is 3. The van der Waals surface area contributed by atoms with E-state index >= 15 is 0 Å². The third kappa shape index (κ3) is 3.83. The lowest BCUT2D eigenvalue weighted by Gasteiger charge is -2.27. The monoisotopic (exact) mass is 375 g/mol. The number of fused-ring (bicyclic) bond motifs is 1. The second kappa shape index (κ2) is 7.60. The third-order valence-corrected chi connectivity index (χ3v) is 4.63. The van der Waals surface area contributed by atoms with Crippen molar-refractivity contribution >= 4 is 17.8 Å². The molecule has 10 heteroatoms. The van der Waals surface area contributed by atoms with Gasteiger partial charge in [-0.3, -0.25) is 19.5 Å². The van der Waals surface area contributed by atoms with Crippen LogP contribution < -0.4 is 5.32 Å². The second-order valence-electron chi connectivity index (χ2n) is 6.33. The molecule has 0 saturated carbocycles. The Morgan fingerprint density at radius 3 is 2.78 bits per heavy atom. The number of aryl methyl sites for hydroxylation is 2. The van der Waals surface area contributed by atoms with E-state index in [-0.39, 0.29) is 24.6 Å². The molecule has 0 saturated heterocycles. The van der Waals surface area contributed by atoms with Crippen LogP contribution in [0, 0.1) is 13.8 Å². The highest BCUT2D eigenvalue weighted by molar-refractivity contribution is 5.95. The molecule has 1 aliphatic rings. The maximum atomic E-state index is 12.6. The molecule has 10 nitrogen and oxygen atoms in total. The Labute approximate surface area is 155 Å². The average molecular weight is 375 g/mol. The number of carbonyl (C=O) groups excluding carboxylic acids is 3. The first kappa shape index (κ1) is 18.6. The van der Waals surface area contributed by atoms with Crippen LogP contribution in [0.4, 0.5) is 0 Å². The second-order valence-corrected chi connectivity index (χ2v) is 6.33. The van der Waals surface area contributed by atoms with Crippen LogP contribution in [0.3, 0.4) is 0 Å². The van der Waals surface area contributed by atoms with E-state index in [2.05, 4.69) is 25.4 Å². The molecule has 0 radical (unpaired) electrons. The summed E-state index contributed by atoms with van der Waals surface area (Å²) in [6, 6.07) is 0. The molecule has 27 heavy (non-hydrogen) atoms. The van der Waals surface area contributed by atoms with E-state index in [0.29, 0.717) is 31.0 Å². The molecule has 3 heterocycles. The zero-order valence-corrected chi connectivity index (χ0v) is 15.4. The number of esters is 1. The van der Waals surface area contributed by atoms with Gasteiger partial charge < -0.3 is 19.5 Å². The molecule has 3 rings (SSSR count). The maximum absolute atomic E-state index is 12.6. The highest BCUT2D eigenvalue weighted by Crippen LogP contribution is 2.22. The topological polar surface area (TPSA) is 130 Å². The van der Waals surface area contributed by atoms with Crippen LogP contribution in [0.15, 0.2) is 4.52 Å². The molecule has 0 unspecified atom stereocenters. The van der Waals surface area contributed by atoms with E-state index in [4.69, 9.17) is 4.52 Å². The minimum Gasteiger partial charge on any atom is -0.468 e. The molecule has 2 aromatic heterocycles. The molecule has 0 fully saturated rings. The normalized spacial score (nSPS) is 13.2. The summed E-state index contributed by atoms with van der Waals surface area (Å²) in [5, 5.41) is 13.2. The molecule has 0 bridgehead atoms. The van der Waals surface area contributed by atoms with Crippen LogP contribution in [-0.4, -0.2) is 58.2 Å². The van der Waals surface area contributed by atoms with Crippen LogP contribution in [-0.2, 0) is 33.7 Å². The molecular formula is C17H21N5O5. The van der Waals surface area contributed by atoms with Crippen molar-refractivity contribution in [1.82, 2.24) is 25.6 Å². The number of hydrogen-bond acceptors (Lipinski definition) is 7. The first-order valence-electron chi connectivity index (χ1n) is 8.51. The van der Waals surface area contributed by atoms with Crippen molar-refractivity contribution in [3.05, 3.63) is 34.0 Å². The highest BCUT2D eigenvalue weighted by Gasteiger charge is 2.28. The summed E-state index contributed by atoms with van der Waals surface area (Å²) < 4.78 is 9.60. The van der Waals surface area contributed by atoms with Gasteiger partial charge in [-0.1, -0.05) is 5.16 Å². The summed E-state index contributed by atoms with van der Waals surface area (Å²) >= 11 is 0. The molecule has 0 spiro atoms. The van der Waals surface area contributed by atoms with E-state index in [1.807, 2.05) is 6.92 Å². The van der Waals surface area contributed by atoms with Crippen LogP contribution in [0.2, 0.25) is 0 Å². The predicted octanol–water partition coefficient (Wildman–Crippen LogP) is 0.0447. The van der Waals surface area contributed by atoms with Gasteiger partial charge in [0, 0.05) is 17.7 Å². The van der Waals surface area contributed by atoms with Crippen LogP contribution >= 0.6 is 0 Å². The largest absolute Gasteiger partial charge is 0.468 e. The van der Waals surface area contributed by atoms with Gasteiger partial charge >= 0.3 is 5.97 Å². The smallest absolute Gasteiger partial charge is 0.325 e. The zero-order valence-electron chi connectivity index (χ0n) is 15.4. The fourth-order valence-corrected chi connectivity index (χ4v) is 3.04. The Balaban J connectivity index is 1.65. The molecule has 2 N–H and O–H groups in total. The number of methoxy groups -OCH3 is 1. The number of hydrogen-bond donors (Lipinski definition) is 2. The van der Waals surface area contributed by atoms with Gasteiger partial charge in [-0.25, -0.2) is 0 Å². The summed E-state index contributed by atoms with van der Waals surface area (Å²) in [7, 11) is 1.25. The minimum atomic E-state index is -0.538. The number of rotatable bonds is 5. The number of carbonyl (C=O) groups is 3. The predicted molar refractivity (Wildman–Crippen MR) is 91.7 cm³/mol. The molecule has 2 amide bonds. The summed E-state index contributed by atoms with van der Waals surface area (Å²) in [6.45, 7) is 4.19. The SMILES string of the molecule is COC(=O)CNC(=O)c1n[nH]c2c1CCN(C(=O)Cc1c(C)noc1C)C2. The number of amides is 2. The van der Waals surface area contributed by atoms with Crippen LogP contribution in [0.25, 0.3) is 0 Å². The molecule has 1 aliphatic heterocycles. The van der Waals surface area contributed by atoms with Gasteiger partial charge in [-0.05, 0) is 20.3 Å². The molecule has 0 aromatic carbocycles. The third-order valence-electron chi connectivity index (χ3n) is 4.63.